The molecule has 114 valence electrons. The number of ether oxygens (including phenoxy) is 2. The number of hydrogen-bond acceptors (Lipinski definition) is 5. The SMILES string of the molecule is NC(=O)NN=Cc1ccccc1OCCN1CCOCC1. The van der Waals surface area contributed by atoms with Crippen LogP contribution in [0, 0.1) is 0 Å². The highest BCUT2D eigenvalue weighted by atomic mass is 16.5. The fourth-order valence-corrected chi connectivity index (χ4v) is 1.99. The minimum absolute atomic E-state index is 0.591. The number of carbonyl (C=O) groups excluding carboxylic acids is 1. The smallest absolute Gasteiger partial charge is 0.332 e. The van der Waals surface area contributed by atoms with E-state index in [4.69, 9.17) is 15.2 Å². The van der Waals surface area contributed by atoms with Gasteiger partial charge in [0.05, 0.1) is 19.4 Å². The fourth-order valence-electron chi connectivity index (χ4n) is 1.99. The molecular formula is C14H20N4O3. The van der Waals surface area contributed by atoms with Gasteiger partial charge in [-0.15, -0.1) is 0 Å². The first-order valence-corrected chi connectivity index (χ1v) is 6.86. The number of nitrogens with one attached hydrogen (secondary N) is 1. The molecule has 1 aliphatic heterocycles. The largest absolute Gasteiger partial charge is 0.492 e. The summed E-state index contributed by atoms with van der Waals surface area (Å²) in [5.41, 5.74) is 7.89. The third kappa shape index (κ3) is 5.41. The topological polar surface area (TPSA) is 89.2 Å². The van der Waals surface area contributed by atoms with Crippen LogP contribution < -0.4 is 15.9 Å². The molecule has 1 aromatic carbocycles. The number of hydrazone groups is 1. The van der Waals surface area contributed by atoms with Gasteiger partial charge >= 0.3 is 6.03 Å². The number of amides is 2. The molecule has 3 N–H and O–H groups in total. The number of nitrogens with two attached hydrogens (primary N) is 1. The van der Waals surface area contributed by atoms with E-state index in [1.54, 1.807) is 0 Å². The van der Waals surface area contributed by atoms with Crippen LogP contribution in [-0.2, 0) is 4.74 Å². The minimum Gasteiger partial charge on any atom is -0.492 e. The molecule has 7 nitrogen and oxygen atoms in total. The highest BCUT2D eigenvalue weighted by Gasteiger charge is 2.10. The number of morpholine rings is 1. The van der Waals surface area contributed by atoms with Crippen molar-refractivity contribution in [3.05, 3.63) is 29.8 Å². The van der Waals surface area contributed by atoms with Crippen molar-refractivity contribution >= 4 is 12.2 Å². The molecule has 1 aromatic rings. The van der Waals surface area contributed by atoms with Gasteiger partial charge in [-0.25, -0.2) is 10.2 Å². The summed E-state index contributed by atoms with van der Waals surface area (Å²) in [5, 5.41) is 3.74. The normalized spacial score (nSPS) is 16.0. The van der Waals surface area contributed by atoms with E-state index in [2.05, 4.69) is 15.4 Å². The summed E-state index contributed by atoms with van der Waals surface area (Å²) in [4.78, 5) is 12.9. The first kappa shape index (κ1) is 15.3. The van der Waals surface area contributed by atoms with E-state index in [9.17, 15) is 4.79 Å². The summed E-state index contributed by atoms with van der Waals surface area (Å²) in [5.74, 6) is 0.723. The van der Waals surface area contributed by atoms with Gasteiger partial charge in [0.15, 0.2) is 0 Å². The maximum Gasteiger partial charge on any atom is 0.332 e. The van der Waals surface area contributed by atoms with E-state index in [0.29, 0.717) is 6.61 Å². The number of benzene rings is 1. The predicted molar refractivity (Wildman–Crippen MR) is 79.5 cm³/mol. The van der Waals surface area contributed by atoms with Crippen molar-refractivity contribution in [1.82, 2.24) is 10.3 Å². The van der Waals surface area contributed by atoms with Crippen LogP contribution in [0.2, 0.25) is 0 Å². The highest BCUT2D eigenvalue weighted by molar-refractivity contribution is 5.84. The van der Waals surface area contributed by atoms with Crippen molar-refractivity contribution in [2.24, 2.45) is 10.8 Å². The van der Waals surface area contributed by atoms with Crippen molar-refractivity contribution in [3.8, 4) is 5.75 Å². The third-order valence-electron chi connectivity index (χ3n) is 3.07. The lowest BCUT2D eigenvalue weighted by Crippen LogP contribution is -2.38. The Kier molecular flexibility index (Phi) is 5.99. The summed E-state index contributed by atoms with van der Waals surface area (Å²) in [7, 11) is 0. The lowest BCUT2D eigenvalue weighted by Gasteiger charge is -2.26. The fraction of sp³-hybridized carbons (Fsp3) is 0.429. The first-order chi connectivity index (χ1) is 10.3. The Bertz CT molecular complexity index is 487. The van der Waals surface area contributed by atoms with Gasteiger partial charge < -0.3 is 15.2 Å². The molecule has 1 saturated heterocycles. The van der Waals surface area contributed by atoms with E-state index in [1.807, 2.05) is 24.3 Å². The molecule has 21 heavy (non-hydrogen) atoms. The summed E-state index contributed by atoms with van der Waals surface area (Å²) < 4.78 is 11.1. The molecule has 0 aromatic heterocycles. The van der Waals surface area contributed by atoms with Crippen LogP contribution in [-0.4, -0.2) is 56.6 Å². The zero-order valence-electron chi connectivity index (χ0n) is 11.8. The van der Waals surface area contributed by atoms with Gasteiger partial charge in [-0.2, -0.15) is 5.10 Å². The van der Waals surface area contributed by atoms with Gasteiger partial charge in [0.2, 0.25) is 0 Å². The summed E-state index contributed by atoms with van der Waals surface area (Å²) >= 11 is 0. The van der Waals surface area contributed by atoms with Crippen molar-refractivity contribution in [3.63, 3.8) is 0 Å². The van der Waals surface area contributed by atoms with E-state index in [0.717, 1.165) is 44.2 Å². The van der Waals surface area contributed by atoms with Crippen LogP contribution >= 0.6 is 0 Å². The second kappa shape index (κ2) is 8.23. The molecule has 2 amide bonds. The third-order valence-corrected chi connectivity index (χ3v) is 3.07. The number of primary amides is 1. The van der Waals surface area contributed by atoms with E-state index >= 15 is 0 Å². The molecule has 2 rings (SSSR count). The van der Waals surface area contributed by atoms with Crippen LogP contribution in [0.5, 0.6) is 5.75 Å². The Morgan fingerprint density at radius 1 is 1.43 bits per heavy atom. The molecule has 0 unspecified atom stereocenters. The number of para-hydroxylation sites is 1. The van der Waals surface area contributed by atoms with E-state index in [1.165, 1.54) is 6.21 Å². The molecule has 1 fully saturated rings. The number of urea groups is 1. The number of hydrogen-bond donors (Lipinski definition) is 2. The van der Waals surface area contributed by atoms with Crippen molar-refractivity contribution in [2.45, 2.75) is 0 Å². The lowest BCUT2D eigenvalue weighted by atomic mass is 10.2. The molecule has 0 atom stereocenters. The monoisotopic (exact) mass is 292 g/mol. The first-order valence-electron chi connectivity index (χ1n) is 6.86. The Hall–Kier alpha value is -2.12. The van der Waals surface area contributed by atoms with Gasteiger partial charge in [0.25, 0.3) is 0 Å². The van der Waals surface area contributed by atoms with Crippen LogP contribution in [0.25, 0.3) is 0 Å². The Morgan fingerprint density at radius 3 is 2.95 bits per heavy atom. The Labute approximate surface area is 123 Å². The molecule has 1 aliphatic rings. The maximum absolute atomic E-state index is 10.6. The Morgan fingerprint density at radius 2 is 2.19 bits per heavy atom. The molecule has 0 spiro atoms. The van der Waals surface area contributed by atoms with Crippen LogP contribution in [0.1, 0.15) is 5.56 Å². The number of carbonyl (C=O) groups is 1. The average molecular weight is 292 g/mol. The van der Waals surface area contributed by atoms with Gasteiger partial charge in [0, 0.05) is 25.2 Å². The maximum atomic E-state index is 10.6. The van der Waals surface area contributed by atoms with Crippen molar-refractivity contribution < 1.29 is 14.3 Å². The van der Waals surface area contributed by atoms with E-state index < -0.39 is 6.03 Å². The van der Waals surface area contributed by atoms with Crippen molar-refractivity contribution in [2.75, 3.05) is 39.5 Å². The molecule has 0 bridgehead atoms. The molecule has 7 heteroatoms. The molecule has 1 heterocycles. The molecule has 0 saturated carbocycles. The van der Waals surface area contributed by atoms with Crippen LogP contribution in [0.3, 0.4) is 0 Å². The number of nitrogens with zero attached hydrogens (tertiary/aromatic N) is 2. The van der Waals surface area contributed by atoms with Crippen LogP contribution in [0.15, 0.2) is 29.4 Å². The van der Waals surface area contributed by atoms with Gasteiger partial charge in [-0.05, 0) is 12.1 Å². The van der Waals surface area contributed by atoms with Gasteiger partial charge in [-0.3, -0.25) is 4.90 Å². The standard InChI is InChI=1S/C14H20N4O3/c15-14(19)17-16-11-12-3-1-2-4-13(12)21-10-7-18-5-8-20-9-6-18/h1-4,11H,5-10H2,(H3,15,17,19). The van der Waals surface area contributed by atoms with Gasteiger partial charge in [0.1, 0.15) is 12.4 Å². The second-order valence-electron chi connectivity index (χ2n) is 4.57. The lowest BCUT2D eigenvalue weighted by molar-refractivity contribution is 0.0322. The highest BCUT2D eigenvalue weighted by Crippen LogP contribution is 2.15. The van der Waals surface area contributed by atoms with Crippen molar-refractivity contribution in [1.29, 1.82) is 0 Å². The zero-order valence-corrected chi connectivity index (χ0v) is 11.8. The molecular weight excluding hydrogens is 272 g/mol. The number of rotatable bonds is 6. The van der Waals surface area contributed by atoms with E-state index in [-0.39, 0.29) is 0 Å². The van der Waals surface area contributed by atoms with Gasteiger partial charge in [-0.1, -0.05) is 12.1 Å². The summed E-state index contributed by atoms with van der Waals surface area (Å²) in [6.07, 6.45) is 1.51. The quantitative estimate of drug-likeness (QED) is 0.586. The minimum atomic E-state index is -0.697. The average Bonchev–Trinajstić information content (AvgIpc) is 2.49. The second-order valence-corrected chi connectivity index (χ2v) is 4.57. The zero-order chi connectivity index (χ0) is 14.9. The molecule has 0 radical (unpaired) electrons. The summed E-state index contributed by atoms with van der Waals surface area (Å²) in [6, 6.07) is 6.79. The molecule has 0 aliphatic carbocycles. The Balaban J connectivity index is 1.84. The summed E-state index contributed by atoms with van der Waals surface area (Å²) in [6.45, 7) is 4.89. The van der Waals surface area contributed by atoms with Crippen LogP contribution in [0.4, 0.5) is 4.79 Å². The predicted octanol–water partition coefficient (Wildman–Crippen LogP) is 0.400.